The van der Waals surface area contributed by atoms with Crippen LogP contribution in [0.4, 0.5) is 0 Å². The molecule has 0 amide bonds. The van der Waals surface area contributed by atoms with Crippen LogP contribution in [0.15, 0.2) is 24.3 Å². The molecule has 22 heavy (non-hydrogen) atoms. The van der Waals surface area contributed by atoms with Gasteiger partial charge in [-0.3, -0.25) is 0 Å². The Balaban J connectivity index is 0.00000144. The summed E-state index contributed by atoms with van der Waals surface area (Å²) in [5.41, 5.74) is 4.99. The van der Waals surface area contributed by atoms with E-state index in [4.69, 9.17) is 0 Å². The van der Waals surface area contributed by atoms with Gasteiger partial charge < -0.3 is 9.88 Å². The zero-order valence-electron chi connectivity index (χ0n) is 13.5. The highest BCUT2D eigenvalue weighted by molar-refractivity contribution is 5.85. The minimum absolute atomic E-state index is 0. The molecule has 1 aromatic heterocycles. The zero-order chi connectivity index (χ0) is 14.3. The number of H-pyrrole nitrogens is 1. The summed E-state index contributed by atoms with van der Waals surface area (Å²) in [6.07, 6.45) is 7.93. The van der Waals surface area contributed by atoms with Gasteiger partial charge in [-0.05, 0) is 62.1 Å². The van der Waals surface area contributed by atoms with Crippen molar-refractivity contribution in [3.8, 4) is 0 Å². The molecule has 1 N–H and O–H groups in total. The van der Waals surface area contributed by atoms with Gasteiger partial charge in [0.05, 0.1) is 0 Å². The summed E-state index contributed by atoms with van der Waals surface area (Å²) in [4.78, 5) is 6.44. The number of hydrogen-bond acceptors (Lipinski definition) is 1. The predicted molar refractivity (Wildman–Crippen MR) is 96.0 cm³/mol. The first-order valence-corrected chi connectivity index (χ1v) is 8.60. The lowest BCUT2D eigenvalue weighted by molar-refractivity contribution is 0.0789. The van der Waals surface area contributed by atoms with Crippen LogP contribution in [0.3, 0.4) is 0 Å². The summed E-state index contributed by atoms with van der Waals surface area (Å²) in [6.45, 7) is 6.26. The maximum atomic E-state index is 3.71. The summed E-state index contributed by atoms with van der Waals surface area (Å²) < 4.78 is 0. The molecule has 1 unspecified atom stereocenters. The molecule has 1 saturated heterocycles. The van der Waals surface area contributed by atoms with Crippen molar-refractivity contribution in [3.05, 3.63) is 35.5 Å². The van der Waals surface area contributed by atoms with Crippen molar-refractivity contribution >= 4 is 23.3 Å². The Morgan fingerprint density at radius 1 is 1.14 bits per heavy atom. The fourth-order valence-electron chi connectivity index (χ4n) is 4.59. The van der Waals surface area contributed by atoms with Crippen LogP contribution in [0.25, 0.3) is 10.9 Å². The standard InChI is InChI=1S/C19H26N2.ClH/c1-2-19-10-5-12-21(14-19)13-9-16-15-6-3-4-7-17(15)20-18(16)8-11-19;/h3-4,6-7,20H,2,5,8-14H2,1H3;1H/t19-;/m1./s1. The molecule has 0 aliphatic carbocycles. The van der Waals surface area contributed by atoms with Gasteiger partial charge in [0, 0.05) is 29.7 Å². The second-order valence-electron chi connectivity index (χ2n) is 7.11. The fraction of sp³-hybridized carbons (Fsp3) is 0.579. The van der Waals surface area contributed by atoms with E-state index in [0.717, 1.165) is 0 Å². The van der Waals surface area contributed by atoms with Crippen LogP contribution < -0.4 is 0 Å². The first-order valence-electron chi connectivity index (χ1n) is 8.60. The van der Waals surface area contributed by atoms with Crippen LogP contribution in [0, 0.1) is 5.41 Å². The van der Waals surface area contributed by atoms with E-state index >= 15 is 0 Å². The molecular formula is C19H27ClN2. The van der Waals surface area contributed by atoms with Gasteiger partial charge in [-0.1, -0.05) is 25.1 Å². The summed E-state index contributed by atoms with van der Waals surface area (Å²) in [6, 6.07) is 8.84. The number of aryl methyl sites for hydroxylation is 1. The van der Waals surface area contributed by atoms with Crippen LogP contribution >= 0.6 is 12.4 Å². The van der Waals surface area contributed by atoms with Crippen molar-refractivity contribution < 1.29 is 0 Å². The largest absolute Gasteiger partial charge is 0.358 e. The number of aromatic nitrogens is 1. The minimum Gasteiger partial charge on any atom is -0.358 e. The van der Waals surface area contributed by atoms with Crippen LogP contribution in [-0.4, -0.2) is 29.5 Å². The van der Waals surface area contributed by atoms with Gasteiger partial charge in [0.15, 0.2) is 0 Å². The van der Waals surface area contributed by atoms with Crippen LogP contribution in [0.2, 0.25) is 0 Å². The normalized spacial score (nSPS) is 28.1. The van der Waals surface area contributed by atoms with Crippen molar-refractivity contribution in [3.63, 3.8) is 0 Å². The molecule has 2 aliphatic rings. The quantitative estimate of drug-likeness (QED) is 0.816. The molecule has 3 heterocycles. The average Bonchev–Trinajstić information content (AvgIpc) is 2.90. The molecule has 1 aromatic carbocycles. The molecule has 3 heteroatoms. The van der Waals surface area contributed by atoms with Gasteiger partial charge in [0.2, 0.25) is 0 Å². The number of halogens is 1. The Kier molecular flexibility index (Phi) is 4.52. The number of piperidine rings is 1. The van der Waals surface area contributed by atoms with Gasteiger partial charge >= 0.3 is 0 Å². The zero-order valence-corrected chi connectivity index (χ0v) is 14.3. The van der Waals surface area contributed by atoms with Gasteiger partial charge in [-0.2, -0.15) is 0 Å². The third kappa shape index (κ3) is 2.68. The lowest BCUT2D eigenvalue weighted by Gasteiger charge is -2.42. The number of rotatable bonds is 1. The van der Waals surface area contributed by atoms with Crippen molar-refractivity contribution in [2.24, 2.45) is 5.41 Å². The van der Waals surface area contributed by atoms with E-state index in [9.17, 15) is 0 Å². The number of hydrogen-bond donors (Lipinski definition) is 1. The van der Waals surface area contributed by atoms with E-state index in [0.29, 0.717) is 5.41 Å². The second-order valence-corrected chi connectivity index (χ2v) is 7.11. The molecule has 1 fully saturated rings. The molecule has 0 spiro atoms. The Morgan fingerprint density at radius 2 is 2.00 bits per heavy atom. The summed E-state index contributed by atoms with van der Waals surface area (Å²) >= 11 is 0. The van der Waals surface area contributed by atoms with Crippen LogP contribution in [0.5, 0.6) is 0 Å². The maximum absolute atomic E-state index is 3.71. The van der Waals surface area contributed by atoms with E-state index < -0.39 is 0 Å². The van der Waals surface area contributed by atoms with Crippen molar-refractivity contribution in [1.82, 2.24) is 9.88 Å². The van der Waals surface area contributed by atoms with Crippen molar-refractivity contribution in [2.75, 3.05) is 19.6 Å². The molecule has 2 aromatic rings. The smallest absolute Gasteiger partial charge is 0.0458 e. The highest BCUT2D eigenvalue weighted by Gasteiger charge is 2.34. The third-order valence-electron chi connectivity index (χ3n) is 5.98. The molecule has 4 rings (SSSR count). The number of para-hydroxylation sites is 1. The fourth-order valence-corrected chi connectivity index (χ4v) is 4.59. The Labute approximate surface area is 139 Å². The van der Waals surface area contributed by atoms with E-state index in [1.54, 1.807) is 5.56 Å². The summed E-state index contributed by atoms with van der Waals surface area (Å²) in [5, 5.41) is 1.45. The van der Waals surface area contributed by atoms with E-state index in [-0.39, 0.29) is 12.4 Å². The number of fused-ring (bicyclic) bond motifs is 5. The van der Waals surface area contributed by atoms with Crippen LogP contribution in [-0.2, 0) is 12.8 Å². The summed E-state index contributed by atoms with van der Waals surface area (Å²) in [7, 11) is 0. The van der Waals surface area contributed by atoms with Gasteiger partial charge in [0.25, 0.3) is 0 Å². The average molecular weight is 319 g/mol. The number of benzene rings is 1. The topological polar surface area (TPSA) is 19.0 Å². The lowest BCUT2D eigenvalue weighted by Crippen LogP contribution is -2.43. The molecule has 2 atom stereocenters. The van der Waals surface area contributed by atoms with E-state index in [1.165, 1.54) is 74.8 Å². The number of nitrogens with zero attached hydrogens (tertiary/aromatic N) is 1. The highest BCUT2D eigenvalue weighted by atomic mass is 35.5. The molecule has 2 bridgehead atoms. The van der Waals surface area contributed by atoms with Crippen LogP contribution in [0.1, 0.15) is 43.9 Å². The third-order valence-corrected chi connectivity index (χ3v) is 5.98. The predicted octanol–water partition coefficient (Wildman–Crippen LogP) is 4.57. The second kappa shape index (κ2) is 6.25. The Morgan fingerprint density at radius 3 is 2.86 bits per heavy atom. The maximum Gasteiger partial charge on any atom is 0.0458 e. The Bertz CT molecular complexity index is 648. The first kappa shape index (κ1) is 15.9. The van der Waals surface area contributed by atoms with Crippen molar-refractivity contribution in [1.29, 1.82) is 0 Å². The van der Waals surface area contributed by atoms with E-state index in [2.05, 4.69) is 41.1 Å². The number of aromatic amines is 1. The van der Waals surface area contributed by atoms with Gasteiger partial charge in [-0.15, -0.1) is 12.4 Å². The summed E-state index contributed by atoms with van der Waals surface area (Å²) in [5.74, 6) is 0. The SMILES string of the molecule is CC[C@@]12CCCN(CCc3c([nH]c4ccccc34)CC1)C2.Cl. The highest BCUT2D eigenvalue weighted by Crippen LogP contribution is 2.39. The monoisotopic (exact) mass is 318 g/mol. The van der Waals surface area contributed by atoms with Gasteiger partial charge in [0.1, 0.15) is 0 Å². The molecule has 0 saturated carbocycles. The molecular weight excluding hydrogens is 292 g/mol. The molecule has 2 nitrogen and oxygen atoms in total. The minimum atomic E-state index is 0. The lowest BCUT2D eigenvalue weighted by atomic mass is 9.74. The van der Waals surface area contributed by atoms with Crippen molar-refractivity contribution in [2.45, 2.75) is 45.4 Å². The Hall–Kier alpha value is -0.990. The molecule has 120 valence electrons. The van der Waals surface area contributed by atoms with E-state index in [1.807, 2.05) is 0 Å². The number of nitrogens with one attached hydrogen (secondary N) is 1. The van der Waals surface area contributed by atoms with Gasteiger partial charge in [-0.25, -0.2) is 0 Å². The molecule has 0 radical (unpaired) electrons. The molecule has 2 aliphatic heterocycles. The first-order chi connectivity index (χ1) is 10.3.